The molecule has 38 heavy (non-hydrogen) atoms. The largest absolute Gasteiger partial charge is 0.382 e. The lowest BCUT2D eigenvalue weighted by molar-refractivity contribution is -0.133. The van der Waals surface area contributed by atoms with Gasteiger partial charge in [0.15, 0.2) is 0 Å². The summed E-state index contributed by atoms with van der Waals surface area (Å²) in [4.78, 5) is 16.7. The normalized spacial score (nSPS) is 15.8. The van der Waals surface area contributed by atoms with Gasteiger partial charge < -0.3 is 9.64 Å². The van der Waals surface area contributed by atoms with Crippen LogP contribution in [0, 0.1) is 0 Å². The molecule has 1 atom stereocenters. The van der Waals surface area contributed by atoms with Gasteiger partial charge in [0.2, 0.25) is 15.9 Å². The Bertz CT molecular complexity index is 1380. The van der Waals surface area contributed by atoms with Crippen molar-refractivity contribution in [2.45, 2.75) is 25.8 Å². The topological polar surface area (TPSA) is 66.9 Å². The summed E-state index contributed by atoms with van der Waals surface area (Å²) in [6.45, 7) is 3.18. The van der Waals surface area contributed by atoms with E-state index < -0.39 is 16.1 Å². The lowest BCUT2D eigenvalue weighted by Crippen LogP contribution is -2.46. The Morgan fingerprint density at radius 1 is 1.16 bits per heavy atom. The quantitative estimate of drug-likeness (QED) is 0.246. The molecule has 2 heterocycles. The first-order valence-electron chi connectivity index (χ1n) is 12.4. The van der Waals surface area contributed by atoms with Crippen molar-refractivity contribution in [1.29, 1.82) is 0 Å². The number of carbonyl (C=O) groups excluding carboxylic acids is 1. The van der Waals surface area contributed by atoms with Crippen molar-refractivity contribution < 1.29 is 17.9 Å². The van der Waals surface area contributed by atoms with Crippen LogP contribution in [0.4, 0.5) is 0 Å². The molecule has 4 rings (SSSR count). The second-order valence-electron chi connectivity index (χ2n) is 8.85. The molecule has 0 spiro atoms. The van der Waals surface area contributed by atoms with Crippen molar-refractivity contribution in [2.75, 3.05) is 32.8 Å². The maximum absolute atomic E-state index is 13.8. The summed E-state index contributed by atoms with van der Waals surface area (Å²) in [5, 5.41) is 4.15. The zero-order valence-electron chi connectivity index (χ0n) is 21.1. The molecule has 1 aliphatic rings. The Balaban J connectivity index is 1.61. The molecule has 0 bridgehead atoms. The van der Waals surface area contributed by atoms with E-state index >= 15 is 0 Å². The number of rotatable bonds is 11. The summed E-state index contributed by atoms with van der Waals surface area (Å²) in [6.07, 6.45) is 2.72. The average Bonchev–Trinajstić information content (AvgIpc) is 3.39. The number of halogens is 2. The van der Waals surface area contributed by atoms with E-state index in [4.69, 9.17) is 27.9 Å². The van der Waals surface area contributed by atoms with E-state index in [1.807, 2.05) is 54.8 Å². The first kappa shape index (κ1) is 28.8. The first-order chi connectivity index (χ1) is 18.3. The van der Waals surface area contributed by atoms with Crippen molar-refractivity contribution in [3.05, 3.63) is 97.0 Å². The van der Waals surface area contributed by atoms with Gasteiger partial charge in [0.25, 0.3) is 0 Å². The van der Waals surface area contributed by atoms with Gasteiger partial charge in [-0.1, -0.05) is 59.6 Å². The predicted molar refractivity (Wildman–Crippen MR) is 155 cm³/mol. The standard InChI is InChI=1S/C28H30Cl2N2O4S2/c1-2-36-16-6-14-31(38(34,35)18-13-21-7-4-3-5-8-21)20-27(33)32-15-11-26-24(12-17-37-26)28(32)23-10-9-22(29)19-25(23)30/h3-5,7-10,12-13,17-19,28H,2,6,11,14-16,20H2,1H3. The highest BCUT2D eigenvalue weighted by molar-refractivity contribution is 7.92. The average molecular weight is 594 g/mol. The molecule has 0 radical (unpaired) electrons. The third-order valence-electron chi connectivity index (χ3n) is 6.35. The number of amides is 1. The molecule has 1 aliphatic heterocycles. The number of sulfonamides is 1. The maximum Gasteiger partial charge on any atom is 0.238 e. The highest BCUT2D eigenvalue weighted by atomic mass is 35.5. The molecule has 2 aromatic carbocycles. The fourth-order valence-electron chi connectivity index (χ4n) is 4.48. The Morgan fingerprint density at radius 2 is 1.95 bits per heavy atom. The molecule has 1 amide bonds. The van der Waals surface area contributed by atoms with Crippen molar-refractivity contribution in [2.24, 2.45) is 0 Å². The lowest BCUT2D eigenvalue weighted by atomic mass is 9.93. The van der Waals surface area contributed by atoms with Crippen LogP contribution in [0.1, 0.15) is 41.0 Å². The van der Waals surface area contributed by atoms with E-state index in [1.165, 1.54) is 9.18 Å². The van der Waals surface area contributed by atoms with Crippen LogP contribution in [-0.4, -0.2) is 56.4 Å². The van der Waals surface area contributed by atoms with E-state index in [9.17, 15) is 13.2 Å². The van der Waals surface area contributed by atoms with Crippen LogP contribution in [0.3, 0.4) is 0 Å². The summed E-state index contributed by atoms with van der Waals surface area (Å²) in [6, 6.07) is 16.0. The Labute approximate surface area is 238 Å². The van der Waals surface area contributed by atoms with Gasteiger partial charge in [0, 0.05) is 46.6 Å². The molecule has 10 heteroatoms. The summed E-state index contributed by atoms with van der Waals surface area (Å²) in [5.74, 6) is -0.286. The van der Waals surface area contributed by atoms with Crippen molar-refractivity contribution in [3.63, 3.8) is 0 Å². The number of hydrogen-bond acceptors (Lipinski definition) is 5. The van der Waals surface area contributed by atoms with Gasteiger partial charge in [0.05, 0.1) is 12.6 Å². The predicted octanol–water partition coefficient (Wildman–Crippen LogP) is 6.26. The van der Waals surface area contributed by atoms with Gasteiger partial charge in [-0.25, -0.2) is 8.42 Å². The molecule has 0 aliphatic carbocycles. The Hall–Kier alpha value is -2.20. The van der Waals surface area contributed by atoms with Gasteiger partial charge in [-0.15, -0.1) is 11.3 Å². The molecule has 0 fully saturated rings. The Morgan fingerprint density at radius 3 is 2.68 bits per heavy atom. The van der Waals surface area contributed by atoms with E-state index in [0.29, 0.717) is 42.6 Å². The smallest absolute Gasteiger partial charge is 0.238 e. The Kier molecular flexibility index (Phi) is 10.0. The van der Waals surface area contributed by atoms with Crippen LogP contribution < -0.4 is 0 Å². The van der Waals surface area contributed by atoms with Crippen molar-refractivity contribution >= 4 is 56.5 Å². The van der Waals surface area contributed by atoms with Crippen LogP contribution in [0.25, 0.3) is 6.08 Å². The second kappa shape index (κ2) is 13.2. The zero-order valence-corrected chi connectivity index (χ0v) is 24.2. The van der Waals surface area contributed by atoms with Crippen LogP contribution in [0.15, 0.2) is 65.4 Å². The van der Waals surface area contributed by atoms with E-state index in [2.05, 4.69) is 0 Å². The third-order valence-corrected chi connectivity index (χ3v) is 9.42. The fraction of sp³-hybridized carbons (Fsp3) is 0.321. The SMILES string of the molecule is CCOCCCN(CC(=O)N1CCc2sccc2C1c1ccc(Cl)cc1Cl)S(=O)(=O)C=Cc1ccccc1. The number of benzene rings is 2. The molecular weight excluding hydrogens is 563 g/mol. The number of thiophene rings is 1. The van der Waals surface area contributed by atoms with Crippen LogP contribution in [0.5, 0.6) is 0 Å². The summed E-state index contributed by atoms with van der Waals surface area (Å²) in [5.41, 5.74) is 2.53. The van der Waals surface area contributed by atoms with Gasteiger partial charge >= 0.3 is 0 Å². The van der Waals surface area contributed by atoms with Gasteiger partial charge in [-0.2, -0.15) is 4.31 Å². The molecule has 0 saturated carbocycles. The monoisotopic (exact) mass is 592 g/mol. The van der Waals surface area contributed by atoms with E-state index in [-0.39, 0.29) is 19.0 Å². The van der Waals surface area contributed by atoms with Gasteiger partial charge in [-0.05, 0) is 66.1 Å². The van der Waals surface area contributed by atoms with Crippen molar-refractivity contribution in [3.8, 4) is 0 Å². The minimum atomic E-state index is -3.88. The molecule has 202 valence electrons. The van der Waals surface area contributed by atoms with Crippen LogP contribution >= 0.6 is 34.5 Å². The highest BCUT2D eigenvalue weighted by Crippen LogP contribution is 2.41. The van der Waals surface area contributed by atoms with Gasteiger partial charge in [0.1, 0.15) is 0 Å². The number of hydrogen-bond donors (Lipinski definition) is 0. The number of carbonyl (C=O) groups is 1. The molecule has 1 unspecified atom stereocenters. The van der Waals surface area contributed by atoms with Crippen LogP contribution in [-0.2, 0) is 26.0 Å². The van der Waals surface area contributed by atoms with E-state index in [0.717, 1.165) is 22.1 Å². The number of ether oxygens (including phenoxy) is 1. The number of nitrogens with zero attached hydrogens (tertiary/aromatic N) is 2. The fourth-order valence-corrected chi connectivity index (χ4v) is 7.07. The third kappa shape index (κ3) is 7.05. The summed E-state index contributed by atoms with van der Waals surface area (Å²) < 4.78 is 33.4. The summed E-state index contributed by atoms with van der Waals surface area (Å²) >= 11 is 14.4. The molecule has 6 nitrogen and oxygen atoms in total. The minimum Gasteiger partial charge on any atom is -0.382 e. The molecule has 0 saturated heterocycles. The number of fused-ring (bicyclic) bond motifs is 1. The summed E-state index contributed by atoms with van der Waals surface area (Å²) in [7, 11) is -3.88. The van der Waals surface area contributed by atoms with E-state index in [1.54, 1.807) is 34.4 Å². The second-order valence-corrected chi connectivity index (χ2v) is 12.5. The molecule has 1 aromatic heterocycles. The highest BCUT2D eigenvalue weighted by Gasteiger charge is 2.35. The molecule has 0 N–H and O–H groups in total. The molecule has 3 aromatic rings. The zero-order chi connectivity index (χ0) is 27.1. The maximum atomic E-state index is 13.8. The lowest BCUT2D eigenvalue weighted by Gasteiger charge is -2.37. The molecular formula is C28H30Cl2N2O4S2. The van der Waals surface area contributed by atoms with Crippen LogP contribution in [0.2, 0.25) is 10.0 Å². The minimum absolute atomic E-state index is 0.164. The van der Waals surface area contributed by atoms with Crippen molar-refractivity contribution in [1.82, 2.24) is 9.21 Å². The first-order valence-corrected chi connectivity index (χ1v) is 15.6. The van der Waals surface area contributed by atoms with Gasteiger partial charge in [-0.3, -0.25) is 4.79 Å².